The van der Waals surface area contributed by atoms with Gasteiger partial charge in [-0.1, -0.05) is 18.2 Å². The van der Waals surface area contributed by atoms with Crippen molar-refractivity contribution in [3.05, 3.63) is 53.9 Å². The molecule has 0 spiro atoms. The molecule has 0 radical (unpaired) electrons. The molecule has 0 amide bonds. The molecule has 1 aromatic heterocycles. The van der Waals surface area contributed by atoms with Crippen LogP contribution in [0.1, 0.15) is 18.1 Å². The van der Waals surface area contributed by atoms with Gasteiger partial charge < -0.3 is 4.90 Å². The van der Waals surface area contributed by atoms with Gasteiger partial charge in [0.1, 0.15) is 6.07 Å². The number of anilines is 2. The molecular weight excluding hydrogens is 222 g/mol. The van der Waals surface area contributed by atoms with Crippen molar-refractivity contribution < 1.29 is 0 Å². The first-order valence-electron chi connectivity index (χ1n) is 6.02. The Kier molecular flexibility index (Phi) is 2.49. The predicted molar refractivity (Wildman–Crippen MR) is 70.7 cm³/mol. The number of hydrogen-bond acceptors (Lipinski definition) is 3. The van der Waals surface area contributed by atoms with Crippen molar-refractivity contribution in [2.75, 3.05) is 4.90 Å². The minimum absolute atomic E-state index is 0.360. The Hall–Kier alpha value is -2.34. The van der Waals surface area contributed by atoms with Crippen molar-refractivity contribution in [3.63, 3.8) is 0 Å². The molecule has 1 unspecified atom stereocenters. The molecule has 3 heteroatoms. The summed E-state index contributed by atoms with van der Waals surface area (Å²) in [5.41, 5.74) is 4.10. The quantitative estimate of drug-likeness (QED) is 0.762. The SMILES string of the molecule is CC1Cc2ccccc2N1c1cnccc1C#N. The maximum Gasteiger partial charge on any atom is 0.101 e. The molecule has 1 aliphatic heterocycles. The number of para-hydroxylation sites is 1. The maximum atomic E-state index is 9.21. The molecule has 0 bridgehead atoms. The van der Waals surface area contributed by atoms with Gasteiger partial charge in [0.2, 0.25) is 0 Å². The summed E-state index contributed by atoms with van der Waals surface area (Å²) in [6, 6.07) is 12.7. The third kappa shape index (κ3) is 1.54. The standard InChI is InChI=1S/C15H13N3/c1-11-8-12-4-2-3-5-14(12)18(11)15-10-17-7-6-13(15)9-16/h2-7,10-11H,8H2,1H3. The molecule has 0 saturated heterocycles. The minimum Gasteiger partial charge on any atom is -0.336 e. The van der Waals surface area contributed by atoms with Gasteiger partial charge in [0.15, 0.2) is 0 Å². The zero-order valence-corrected chi connectivity index (χ0v) is 10.2. The molecule has 0 fully saturated rings. The molecule has 2 heterocycles. The lowest BCUT2D eigenvalue weighted by Crippen LogP contribution is -2.24. The van der Waals surface area contributed by atoms with Crippen molar-refractivity contribution in [2.45, 2.75) is 19.4 Å². The summed E-state index contributed by atoms with van der Waals surface area (Å²) in [6.45, 7) is 2.17. The second-order valence-electron chi connectivity index (χ2n) is 4.56. The van der Waals surface area contributed by atoms with Crippen molar-refractivity contribution >= 4 is 11.4 Å². The van der Waals surface area contributed by atoms with Gasteiger partial charge in [-0.2, -0.15) is 5.26 Å². The molecular formula is C15H13N3. The number of hydrogen-bond donors (Lipinski definition) is 0. The van der Waals surface area contributed by atoms with Crippen LogP contribution < -0.4 is 4.90 Å². The highest BCUT2D eigenvalue weighted by molar-refractivity contribution is 5.74. The number of benzene rings is 1. The van der Waals surface area contributed by atoms with Crippen LogP contribution >= 0.6 is 0 Å². The number of nitrogens with zero attached hydrogens (tertiary/aromatic N) is 3. The highest BCUT2D eigenvalue weighted by Gasteiger charge is 2.28. The monoisotopic (exact) mass is 235 g/mol. The number of nitriles is 1. The predicted octanol–water partition coefficient (Wildman–Crippen LogP) is 3.04. The van der Waals surface area contributed by atoms with E-state index in [1.165, 1.54) is 11.3 Å². The lowest BCUT2D eigenvalue weighted by atomic mass is 10.1. The Labute approximate surface area is 106 Å². The summed E-state index contributed by atoms with van der Waals surface area (Å²) < 4.78 is 0. The van der Waals surface area contributed by atoms with Crippen molar-refractivity contribution in [1.82, 2.24) is 4.98 Å². The van der Waals surface area contributed by atoms with E-state index >= 15 is 0 Å². The summed E-state index contributed by atoms with van der Waals surface area (Å²) in [6.07, 6.45) is 4.45. The van der Waals surface area contributed by atoms with E-state index in [0.717, 1.165) is 12.1 Å². The van der Waals surface area contributed by atoms with Crippen LogP contribution in [0.15, 0.2) is 42.7 Å². The summed E-state index contributed by atoms with van der Waals surface area (Å²) in [7, 11) is 0. The molecule has 18 heavy (non-hydrogen) atoms. The third-order valence-electron chi connectivity index (χ3n) is 3.39. The Morgan fingerprint density at radius 3 is 2.94 bits per heavy atom. The fourth-order valence-corrected chi connectivity index (χ4v) is 2.61. The first kappa shape index (κ1) is 10.8. The Balaban J connectivity index is 2.15. The Morgan fingerprint density at radius 2 is 2.11 bits per heavy atom. The van der Waals surface area contributed by atoms with Crippen molar-refractivity contribution in [1.29, 1.82) is 5.26 Å². The maximum absolute atomic E-state index is 9.21. The van der Waals surface area contributed by atoms with Crippen molar-refractivity contribution in [2.24, 2.45) is 0 Å². The number of pyridine rings is 1. The van der Waals surface area contributed by atoms with E-state index in [9.17, 15) is 5.26 Å². The molecule has 0 aliphatic carbocycles. The number of rotatable bonds is 1. The molecule has 0 saturated carbocycles. The summed E-state index contributed by atoms with van der Waals surface area (Å²) in [4.78, 5) is 6.36. The minimum atomic E-state index is 0.360. The van der Waals surface area contributed by atoms with Crippen LogP contribution in [0.5, 0.6) is 0 Å². The summed E-state index contributed by atoms with van der Waals surface area (Å²) in [5, 5.41) is 9.21. The van der Waals surface area contributed by atoms with E-state index in [4.69, 9.17) is 0 Å². The van der Waals surface area contributed by atoms with Crippen molar-refractivity contribution in [3.8, 4) is 6.07 Å². The largest absolute Gasteiger partial charge is 0.336 e. The zero-order chi connectivity index (χ0) is 12.5. The second kappa shape index (κ2) is 4.15. The Morgan fingerprint density at radius 1 is 1.28 bits per heavy atom. The van der Waals surface area contributed by atoms with Crippen LogP contribution in [0, 0.1) is 11.3 Å². The molecule has 1 atom stereocenters. The molecule has 2 aromatic rings. The van der Waals surface area contributed by atoms with Gasteiger partial charge in [-0.3, -0.25) is 4.98 Å². The van der Waals surface area contributed by atoms with Crippen LogP contribution in [0.2, 0.25) is 0 Å². The van der Waals surface area contributed by atoms with Gasteiger partial charge in [-0.25, -0.2) is 0 Å². The molecule has 3 nitrogen and oxygen atoms in total. The van der Waals surface area contributed by atoms with Crippen LogP contribution in [-0.4, -0.2) is 11.0 Å². The lowest BCUT2D eigenvalue weighted by molar-refractivity contribution is 0.757. The van der Waals surface area contributed by atoms with Crippen LogP contribution in [0.4, 0.5) is 11.4 Å². The van der Waals surface area contributed by atoms with E-state index in [-0.39, 0.29) is 0 Å². The summed E-state index contributed by atoms with van der Waals surface area (Å²) in [5.74, 6) is 0. The topological polar surface area (TPSA) is 39.9 Å². The molecule has 0 N–H and O–H groups in total. The van der Waals surface area contributed by atoms with E-state index in [0.29, 0.717) is 11.6 Å². The summed E-state index contributed by atoms with van der Waals surface area (Å²) >= 11 is 0. The fourth-order valence-electron chi connectivity index (χ4n) is 2.61. The van der Waals surface area contributed by atoms with Crippen LogP contribution in [0.25, 0.3) is 0 Å². The van der Waals surface area contributed by atoms with E-state index in [1.54, 1.807) is 18.5 Å². The first-order chi connectivity index (χ1) is 8.81. The molecule has 1 aliphatic rings. The van der Waals surface area contributed by atoms with E-state index < -0.39 is 0 Å². The highest BCUT2D eigenvalue weighted by atomic mass is 15.2. The number of fused-ring (bicyclic) bond motifs is 1. The van der Waals surface area contributed by atoms with Crippen LogP contribution in [0.3, 0.4) is 0 Å². The normalized spacial score (nSPS) is 17.3. The molecule has 88 valence electrons. The highest BCUT2D eigenvalue weighted by Crippen LogP contribution is 2.38. The van der Waals surface area contributed by atoms with Gasteiger partial charge >= 0.3 is 0 Å². The van der Waals surface area contributed by atoms with Crippen LogP contribution in [-0.2, 0) is 6.42 Å². The average molecular weight is 235 g/mol. The Bertz CT molecular complexity index is 628. The van der Waals surface area contributed by atoms with Gasteiger partial charge in [0, 0.05) is 17.9 Å². The molecule has 3 rings (SSSR count). The first-order valence-corrected chi connectivity index (χ1v) is 6.02. The average Bonchev–Trinajstić information content (AvgIpc) is 2.74. The van der Waals surface area contributed by atoms with Gasteiger partial charge in [-0.15, -0.1) is 0 Å². The van der Waals surface area contributed by atoms with Gasteiger partial charge in [-0.05, 0) is 31.0 Å². The molecule has 1 aromatic carbocycles. The number of aromatic nitrogens is 1. The van der Waals surface area contributed by atoms with Gasteiger partial charge in [0.25, 0.3) is 0 Å². The van der Waals surface area contributed by atoms with E-state index in [1.807, 2.05) is 6.07 Å². The second-order valence-corrected chi connectivity index (χ2v) is 4.56. The fraction of sp³-hybridized carbons (Fsp3) is 0.200. The van der Waals surface area contributed by atoms with E-state index in [2.05, 4.69) is 41.1 Å². The van der Waals surface area contributed by atoms with Gasteiger partial charge in [0.05, 0.1) is 17.4 Å². The lowest BCUT2D eigenvalue weighted by Gasteiger charge is -2.25. The third-order valence-corrected chi connectivity index (χ3v) is 3.39. The zero-order valence-electron chi connectivity index (χ0n) is 10.2. The smallest absolute Gasteiger partial charge is 0.101 e.